The molecule has 0 saturated carbocycles. The van der Waals surface area contributed by atoms with Crippen LogP contribution in [0.25, 0.3) is 0 Å². The van der Waals surface area contributed by atoms with Gasteiger partial charge < -0.3 is 30.6 Å². The van der Waals surface area contributed by atoms with E-state index in [0.717, 1.165) is 24.7 Å². The van der Waals surface area contributed by atoms with Crippen LogP contribution in [0.15, 0.2) is 30.3 Å². The van der Waals surface area contributed by atoms with E-state index in [0.29, 0.717) is 38.8 Å². The molecule has 34 heavy (non-hydrogen) atoms. The topological polar surface area (TPSA) is 137 Å². The van der Waals surface area contributed by atoms with Crippen molar-refractivity contribution in [3.8, 4) is 0 Å². The van der Waals surface area contributed by atoms with Crippen molar-refractivity contribution in [2.45, 2.75) is 83.5 Å². The summed E-state index contributed by atoms with van der Waals surface area (Å²) in [6.07, 6.45) is 4.02. The Morgan fingerprint density at radius 3 is 2.24 bits per heavy atom. The Hall–Kier alpha value is -2.94. The Bertz CT molecular complexity index is 779. The Balaban J connectivity index is 2.49. The van der Waals surface area contributed by atoms with Gasteiger partial charge in [-0.15, -0.1) is 0 Å². The van der Waals surface area contributed by atoms with Gasteiger partial charge in [-0.3, -0.25) is 4.79 Å². The first-order valence-corrected chi connectivity index (χ1v) is 11.8. The van der Waals surface area contributed by atoms with Gasteiger partial charge in [-0.05, 0) is 58.4 Å². The van der Waals surface area contributed by atoms with Crippen LogP contribution >= 0.6 is 0 Å². The Kier molecular flexibility index (Phi) is 12.9. The van der Waals surface area contributed by atoms with Gasteiger partial charge in [0.05, 0.1) is 0 Å². The molecule has 0 unspecified atom stereocenters. The Labute approximate surface area is 202 Å². The molecule has 0 aliphatic carbocycles. The van der Waals surface area contributed by atoms with Crippen molar-refractivity contribution in [2.24, 2.45) is 5.73 Å². The van der Waals surface area contributed by atoms with Crippen LogP contribution < -0.4 is 16.4 Å². The lowest BCUT2D eigenvalue weighted by Crippen LogP contribution is -2.61. The van der Waals surface area contributed by atoms with Crippen LogP contribution in [0.1, 0.15) is 71.3 Å². The molecule has 1 aromatic carbocycles. The van der Waals surface area contributed by atoms with Gasteiger partial charge in [0, 0.05) is 19.5 Å². The predicted octanol–water partition coefficient (Wildman–Crippen LogP) is 3.00. The van der Waals surface area contributed by atoms with Crippen molar-refractivity contribution in [3.63, 3.8) is 0 Å². The van der Waals surface area contributed by atoms with Crippen LogP contribution in [0.5, 0.6) is 0 Å². The molecule has 0 aliphatic heterocycles. The largest absolute Gasteiger partial charge is 0.458 e. The molecular formula is C25H39N3O6. The number of rotatable bonds is 15. The molecule has 0 aromatic heterocycles. The van der Waals surface area contributed by atoms with Gasteiger partial charge in [-0.2, -0.15) is 0 Å². The van der Waals surface area contributed by atoms with Crippen LogP contribution in [0.4, 0.5) is 4.79 Å². The van der Waals surface area contributed by atoms with E-state index < -0.39 is 29.1 Å². The van der Waals surface area contributed by atoms with E-state index in [1.807, 2.05) is 30.3 Å². The average molecular weight is 478 g/mol. The summed E-state index contributed by atoms with van der Waals surface area (Å²) >= 11 is 0. The van der Waals surface area contributed by atoms with Crippen molar-refractivity contribution in [3.05, 3.63) is 35.9 Å². The normalized spacial score (nSPS) is 12.8. The molecule has 0 heterocycles. The first-order chi connectivity index (χ1) is 16.1. The second-order valence-corrected chi connectivity index (χ2v) is 9.19. The molecule has 0 bridgehead atoms. The van der Waals surface area contributed by atoms with Crippen molar-refractivity contribution < 1.29 is 28.7 Å². The summed E-state index contributed by atoms with van der Waals surface area (Å²) in [5, 5.41) is 5.37. The second kappa shape index (κ2) is 15.1. The van der Waals surface area contributed by atoms with Gasteiger partial charge in [0.25, 0.3) is 5.91 Å². The summed E-state index contributed by atoms with van der Waals surface area (Å²) in [6, 6.07) is 9.34. The number of carbonyl (C=O) groups excluding carboxylic acids is 4. The van der Waals surface area contributed by atoms with Crippen LogP contribution in [-0.2, 0) is 30.5 Å². The average Bonchev–Trinajstić information content (AvgIpc) is 2.79. The quantitative estimate of drug-likeness (QED) is 0.153. The lowest BCUT2D eigenvalue weighted by molar-refractivity contribution is -0.165. The molecule has 190 valence electrons. The van der Waals surface area contributed by atoms with Crippen LogP contribution in [0, 0.1) is 0 Å². The minimum absolute atomic E-state index is 0.0691. The number of aldehydes is 1. The monoisotopic (exact) mass is 477 g/mol. The molecule has 0 fully saturated rings. The lowest BCUT2D eigenvalue weighted by Gasteiger charge is -2.30. The van der Waals surface area contributed by atoms with E-state index in [1.165, 1.54) is 0 Å². The molecule has 2 amide bonds. The highest BCUT2D eigenvalue weighted by Crippen LogP contribution is 2.19. The fraction of sp³-hybridized carbons (Fsp3) is 0.600. The molecule has 9 nitrogen and oxygen atoms in total. The fourth-order valence-electron chi connectivity index (χ4n) is 3.06. The number of alkyl carbamates (subject to hydrolysis) is 1. The van der Waals surface area contributed by atoms with Crippen molar-refractivity contribution in [1.29, 1.82) is 0 Å². The molecular weight excluding hydrogens is 438 g/mol. The number of benzene rings is 1. The summed E-state index contributed by atoms with van der Waals surface area (Å²) in [7, 11) is 0. The van der Waals surface area contributed by atoms with E-state index in [1.54, 1.807) is 20.8 Å². The molecule has 4 N–H and O–H groups in total. The third kappa shape index (κ3) is 11.8. The van der Waals surface area contributed by atoms with E-state index in [2.05, 4.69) is 10.6 Å². The summed E-state index contributed by atoms with van der Waals surface area (Å²) in [5.41, 5.74) is 4.53. The number of hydrogen-bond acceptors (Lipinski definition) is 7. The Morgan fingerprint density at radius 2 is 1.59 bits per heavy atom. The van der Waals surface area contributed by atoms with Crippen LogP contribution in [0.2, 0.25) is 0 Å². The lowest BCUT2D eigenvalue weighted by atomic mass is 9.92. The summed E-state index contributed by atoms with van der Waals surface area (Å²) < 4.78 is 10.6. The first-order valence-electron chi connectivity index (χ1n) is 11.8. The maximum absolute atomic E-state index is 12.8. The fourth-order valence-corrected chi connectivity index (χ4v) is 3.06. The SMILES string of the molecule is CC(C)(C)OC(=O)[C@](N)(CCCCNC(=O)OCc1ccccc1)C(=O)NCCCCCC=O. The number of hydrogen-bond donors (Lipinski definition) is 3. The van der Waals surface area contributed by atoms with Gasteiger partial charge in [0.2, 0.25) is 0 Å². The minimum atomic E-state index is -1.83. The first kappa shape index (κ1) is 29.1. The highest BCUT2D eigenvalue weighted by atomic mass is 16.6. The maximum Gasteiger partial charge on any atom is 0.407 e. The molecule has 1 atom stereocenters. The van der Waals surface area contributed by atoms with Crippen molar-refractivity contribution in [1.82, 2.24) is 10.6 Å². The summed E-state index contributed by atoms with van der Waals surface area (Å²) in [4.78, 5) is 47.8. The number of ether oxygens (including phenoxy) is 2. The molecule has 0 spiro atoms. The maximum atomic E-state index is 12.8. The summed E-state index contributed by atoms with van der Waals surface area (Å²) in [5.74, 6) is -1.37. The van der Waals surface area contributed by atoms with E-state index >= 15 is 0 Å². The van der Waals surface area contributed by atoms with Gasteiger partial charge in [0.15, 0.2) is 5.54 Å². The van der Waals surface area contributed by atoms with Crippen molar-refractivity contribution in [2.75, 3.05) is 13.1 Å². The standard InChI is InChI=1S/C25H39N3O6/c1-24(2,3)34-22(31)25(26,21(30)27-16-10-4-5-12-18-29)15-9-11-17-28-23(32)33-19-20-13-7-6-8-14-20/h6-8,13-14,18H,4-5,9-12,15-17,19,26H2,1-3H3,(H,27,30)(H,28,32)/t25-/m0/s1. The van der Waals surface area contributed by atoms with Crippen LogP contribution in [-0.4, -0.2) is 48.5 Å². The zero-order valence-electron chi connectivity index (χ0n) is 20.6. The molecule has 1 aromatic rings. The van der Waals surface area contributed by atoms with E-state index in [-0.39, 0.29) is 13.0 Å². The zero-order chi connectivity index (χ0) is 25.5. The number of nitrogens with one attached hydrogen (secondary N) is 2. The minimum Gasteiger partial charge on any atom is -0.458 e. The number of esters is 1. The Morgan fingerprint density at radius 1 is 0.941 bits per heavy atom. The molecule has 0 aliphatic rings. The van der Waals surface area contributed by atoms with Gasteiger partial charge in [-0.1, -0.05) is 36.8 Å². The van der Waals surface area contributed by atoms with Gasteiger partial charge in [-0.25, -0.2) is 9.59 Å². The highest BCUT2D eigenvalue weighted by Gasteiger charge is 2.44. The smallest absolute Gasteiger partial charge is 0.407 e. The van der Waals surface area contributed by atoms with Crippen molar-refractivity contribution >= 4 is 24.3 Å². The molecule has 0 radical (unpaired) electrons. The number of nitrogens with two attached hydrogens (primary N) is 1. The van der Waals surface area contributed by atoms with Crippen LogP contribution in [0.3, 0.4) is 0 Å². The third-order valence-corrected chi connectivity index (χ3v) is 4.93. The summed E-state index contributed by atoms with van der Waals surface area (Å²) in [6.45, 7) is 5.97. The van der Waals surface area contributed by atoms with Gasteiger partial charge >= 0.3 is 12.1 Å². The number of carbonyl (C=O) groups is 4. The zero-order valence-corrected chi connectivity index (χ0v) is 20.6. The van der Waals surface area contributed by atoms with E-state index in [4.69, 9.17) is 15.2 Å². The number of amides is 2. The third-order valence-electron chi connectivity index (χ3n) is 4.93. The van der Waals surface area contributed by atoms with Gasteiger partial charge in [0.1, 0.15) is 18.5 Å². The number of unbranched alkanes of at least 4 members (excludes halogenated alkanes) is 4. The second-order valence-electron chi connectivity index (χ2n) is 9.19. The predicted molar refractivity (Wildman–Crippen MR) is 129 cm³/mol. The molecule has 0 saturated heterocycles. The molecule has 1 rings (SSSR count). The molecule has 9 heteroatoms. The van der Waals surface area contributed by atoms with E-state index in [9.17, 15) is 19.2 Å². The highest BCUT2D eigenvalue weighted by molar-refractivity contribution is 6.07.